The predicted octanol–water partition coefficient (Wildman–Crippen LogP) is 2.51. The minimum Gasteiger partial charge on any atom is -0.365 e. The monoisotopic (exact) mass is 173 g/mol. The number of nitrogens with two attached hydrogens (primary N) is 1. The second kappa shape index (κ2) is 5.92. The van der Waals surface area contributed by atoms with Crippen LogP contribution < -0.4 is 5.73 Å². The van der Waals surface area contributed by atoms with Gasteiger partial charge >= 0.3 is 0 Å². The van der Waals surface area contributed by atoms with Crippen molar-refractivity contribution in [2.45, 2.75) is 20.3 Å². The average molecular weight is 173 g/mol. The molecule has 0 saturated carbocycles. The molecule has 1 rings (SSSR count). The van der Waals surface area contributed by atoms with Crippen molar-refractivity contribution in [3.8, 4) is 0 Å². The van der Waals surface area contributed by atoms with Gasteiger partial charge < -0.3 is 5.73 Å². The highest BCUT2D eigenvalue weighted by atomic mass is 32.1. The number of rotatable bonds is 1. The molecule has 0 aliphatic carbocycles. The fourth-order valence-corrected chi connectivity index (χ4v) is 0.996. The standard InChI is InChI=1S/C5H5NOS.C3H8.H2/c6-5(7)4-2-1-3-8-4;1-3-2;/h1-3H,(H2,6,7);3H2,1-2H3;1H. The summed E-state index contributed by atoms with van der Waals surface area (Å²) in [5.41, 5.74) is 4.93. The Balaban J connectivity index is 0. The number of amides is 1. The van der Waals surface area contributed by atoms with Gasteiger partial charge in [-0.1, -0.05) is 26.3 Å². The molecule has 11 heavy (non-hydrogen) atoms. The lowest BCUT2D eigenvalue weighted by molar-refractivity contribution is 0.100. The van der Waals surface area contributed by atoms with Gasteiger partial charge in [0, 0.05) is 1.43 Å². The van der Waals surface area contributed by atoms with Gasteiger partial charge in [-0.3, -0.25) is 4.79 Å². The van der Waals surface area contributed by atoms with E-state index in [0.29, 0.717) is 4.88 Å². The maximum atomic E-state index is 10.3. The third-order valence-corrected chi connectivity index (χ3v) is 1.65. The Hall–Kier alpha value is -0.830. The summed E-state index contributed by atoms with van der Waals surface area (Å²) in [4.78, 5) is 10.9. The molecule has 3 heteroatoms. The van der Waals surface area contributed by atoms with Gasteiger partial charge in [0.2, 0.25) is 0 Å². The number of carbonyl (C=O) groups is 1. The third-order valence-electron chi connectivity index (χ3n) is 0.764. The third kappa shape index (κ3) is 4.56. The van der Waals surface area contributed by atoms with Crippen molar-refractivity contribution >= 4 is 17.2 Å². The fraction of sp³-hybridized carbons (Fsp3) is 0.375. The fourth-order valence-electron chi connectivity index (χ4n) is 0.419. The minimum absolute atomic E-state index is 0. The van der Waals surface area contributed by atoms with Crippen LogP contribution in [-0.4, -0.2) is 5.91 Å². The molecular weight excluding hydrogens is 158 g/mol. The van der Waals surface area contributed by atoms with E-state index < -0.39 is 0 Å². The van der Waals surface area contributed by atoms with Crippen molar-refractivity contribution < 1.29 is 6.22 Å². The quantitative estimate of drug-likeness (QED) is 0.696. The number of hydrogen-bond acceptors (Lipinski definition) is 2. The van der Waals surface area contributed by atoms with Gasteiger partial charge in [-0.15, -0.1) is 11.3 Å². The van der Waals surface area contributed by atoms with E-state index in [4.69, 9.17) is 5.73 Å². The van der Waals surface area contributed by atoms with E-state index in [0.717, 1.165) is 0 Å². The molecule has 2 nitrogen and oxygen atoms in total. The van der Waals surface area contributed by atoms with Gasteiger partial charge in [-0.25, -0.2) is 0 Å². The van der Waals surface area contributed by atoms with Crippen molar-refractivity contribution in [1.29, 1.82) is 0 Å². The maximum absolute atomic E-state index is 10.3. The summed E-state index contributed by atoms with van der Waals surface area (Å²) in [6, 6.07) is 3.50. The van der Waals surface area contributed by atoms with Crippen molar-refractivity contribution in [2.75, 3.05) is 0 Å². The van der Waals surface area contributed by atoms with E-state index in [1.807, 2.05) is 5.38 Å². The van der Waals surface area contributed by atoms with Crippen LogP contribution in [0, 0.1) is 0 Å². The average Bonchev–Trinajstić information content (AvgIpc) is 2.38. The highest BCUT2D eigenvalue weighted by Gasteiger charge is 1.96. The van der Waals surface area contributed by atoms with Crippen LogP contribution in [0.3, 0.4) is 0 Å². The second-order valence-corrected chi connectivity index (χ2v) is 3.00. The van der Waals surface area contributed by atoms with E-state index in [1.165, 1.54) is 17.8 Å². The van der Waals surface area contributed by atoms with Crippen molar-refractivity contribution in [3.63, 3.8) is 0 Å². The molecule has 0 bridgehead atoms. The Kier molecular flexibility index (Phi) is 5.47. The molecule has 0 saturated heterocycles. The van der Waals surface area contributed by atoms with E-state index in [-0.39, 0.29) is 7.33 Å². The molecule has 0 radical (unpaired) electrons. The lowest BCUT2D eigenvalue weighted by Gasteiger charge is -1.80. The zero-order valence-electron chi connectivity index (χ0n) is 6.83. The van der Waals surface area contributed by atoms with Gasteiger partial charge in [0.05, 0.1) is 4.88 Å². The van der Waals surface area contributed by atoms with Gasteiger partial charge in [0.15, 0.2) is 0 Å². The van der Waals surface area contributed by atoms with E-state index in [2.05, 4.69) is 13.8 Å². The van der Waals surface area contributed by atoms with Gasteiger partial charge in [0.25, 0.3) is 5.91 Å². The number of hydrogen-bond donors (Lipinski definition) is 1. The first kappa shape index (κ1) is 10.2. The van der Waals surface area contributed by atoms with E-state index in [1.54, 1.807) is 12.1 Å². The molecule has 0 aromatic carbocycles. The highest BCUT2D eigenvalue weighted by Crippen LogP contribution is 2.05. The molecule has 64 valence electrons. The summed E-state index contributed by atoms with van der Waals surface area (Å²) >= 11 is 1.36. The van der Waals surface area contributed by atoms with E-state index in [9.17, 15) is 4.79 Å². The SMILES string of the molecule is CCC.NC(=O)c1cccs1.[HH]. The largest absolute Gasteiger partial charge is 0.365 e. The first-order valence-electron chi connectivity index (χ1n) is 3.55. The Bertz CT molecular complexity index is 199. The van der Waals surface area contributed by atoms with Crippen molar-refractivity contribution in [2.24, 2.45) is 5.73 Å². The van der Waals surface area contributed by atoms with Crippen LogP contribution in [0.4, 0.5) is 0 Å². The van der Waals surface area contributed by atoms with Crippen molar-refractivity contribution in [1.82, 2.24) is 0 Å². The van der Waals surface area contributed by atoms with Crippen LogP contribution in [0.1, 0.15) is 31.4 Å². The number of carbonyl (C=O) groups excluding carboxylic acids is 1. The Morgan fingerprint density at radius 1 is 1.73 bits per heavy atom. The zero-order valence-corrected chi connectivity index (χ0v) is 7.65. The smallest absolute Gasteiger partial charge is 0.258 e. The molecule has 0 spiro atoms. The molecule has 1 amide bonds. The van der Waals surface area contributed by atoms with Crippen LogP contribution in [0.2, 0.25) is 0 Å². The van der Waals surface area contributed by atoms with Crippen LogP contribution in [0.25, 0.3) is 0 Å². The molecule has 1 heterocycles. The Morgan fingerprint density at radius 2 is 2.27 bits per heavy atom. The summed E-state index contributed by atoms with van der Waals surface area (Å²) in [5.74, 6) is -0.347. The highest BCUT2D eigenvalue weighted by molar-refractivity contribution is 7.12. The Labute approximate surface area is 72.5 Å². The van der Waals surface area contributed by atoms with Gasteiger partial charge in [-0.2, -0.15) is 0 Å². The molecule has 0 atom stereocenters. The van der Waals surface area contributed by atoms with Gasteiger partial charge in [-0.05, 0) is 11.4 Å². The molecule has 1 aromatic heterocycles. The summed E-state index contributed by atoms with van der Waals surface area (Å²) < 4.78 is 0. The molecule has 0 fully saturated rings. The van der Waals surface area contributed by atoms with Crippen LogP contribution >= 0.6 is 11.3 Å². The number of primary amides is 1. The predicted molar refractivity (Wildman–Crippen MR) is 50.9 cm³/mol. The molecule has 0 aliphatic heterocycles. The van der Waals surface area contributed by atoms with E-state index >= 15 is 0 Å². The maximum Gasteiger partial charge on any atom is 0.258 e. The second-order valence-electron chi connectivity index (χ2n) is 2.05. The molecule has 1 aromatic rings. The first-order chi connectivity index (χ1) is 5.22. The van der Waals surface area contributed by atoms with Gasteiger partial charge in [0.1, 0.15) is 0 Å². The van der Waals surface area contributed by atoms with Crippen LogP contribution in [0.5, 0.6) is 0 Å². The molecule has 0 unspecified atom stereocenters. The summed E-state index contributed by atoms with van der Waals surface area (Å²) in [7, 11) is 0. The summed E-state index contributed by atoms with van der Waals surface area (Å²) in [6.07, 6.45) is 1.25. The molecule has 0 aliphatic rings. The van der Waals surface area contributed by atoms with Crippen molar-refractivity contribution in [3.05, 3.63) is 22.4 Å². The Morgan fingerprint density at radius 3 is 2.45 bits per heavy atom. The minimum atomic E-state index is -0.347. The summed E-state index contributed by atoms with van der Waals surface area (Å²) in [5, 5.41) is 1.82. The van der Waals surface area contributed by atoms with Crippen LogP contribution in [0.15, 0.2) is 17.5 Å². The topological polar surface area (TPSA) is 43.1 Å². The summed E-state index contributed by atoms with van der Waals surface area (Å²) in [6.45, 7) is 4.25. The lowest BCUT2D eigenvalue weighted by Crippen LogP contribution is -2.07. The normalized spacial score (nSPS) is 8.18. The first-order valence-corrected chi connectivity index (χ1v) is 4.43. The molecular formula is C8H15NOS. The number of thiophene rings is 1. The van der Waals surface area contributed by atoms with Crippen LogP contribution in [-0.2, 0) is 0 Å². The zero-order chi connectivity index (χ0) is 8.69. The molecule has 2 N–H and O–H groups in total. The lowest BCUT2D eigenvalue weighted by atomic mass is 10.5.